The molecule has 1 N–H and O–H groups in total. The standard InChI is InChI=1S/C24H30N6OS/c1-25-23(31)20-12-10-19(11-13-20)16-27(2)18-29-24(32)30(21-8-4-3-5-9-21)22(26-29)17-28-14-6-7-15-28/h3-5,8-13H,6-7,14-18H2,1-2H3,(H,25,31). The van der Waals surface area contributed by atoms with Crippen LogP contribution in [0.4, 0.5) is 0 Å². The highest BCUT2D eigenvalue weighted by Gasteiger charge is 2.19. The van der Waals surface area contributed by atoms with Crippen molar-refractivity contribution in [3.8, 4) is 5.69 Å². The molecule has 4 rings (SSSR count). The Kier molecular flexibility index (Phi) is 7.14. The van der Waals surface area contributed by atoms with Gasteiger partial charge in [0.1, 0.15) is 0 Å². The van der Waals surface area contributed by atoms with E-state index in [0.29, 0.717) is 17.0 Å². The number of amides is 1. The minimum Gasteiger partial charge on any atom is -0.355 e. The lowest BCUT2D eigenvalue weighted by molar-refractivity contribution is 0.0963. The van der Waals surface area contributed by atoms with Crippen LogP contribution in [0.3, 0.4) is 0 Å². The Labute approximate surface area is 194 Å². The van der Waals surface area contributed by atoms with E-state index in [2.05, 4.69) is 38.9 Å². The van der Waals surface area contributed by atoms with Crippen LogP contribution in [-0.4, -0.2) is 57.2 Å². The Morgan fingerprint density at radius 3 is 2.44 bits per heavy atom. The molecule has 0 saturated carbocycles. The molecule has 32 heavy (non-hydrogen) atoms. The predicted octanol–water partition coefficient (Wildman–Crippen LogP) is 3.45. The molecular weight excluding hydrogens is 420 g/mol. The summed E-state index contributed by atoms with van der Waals surface area (Å²) in [4.78, 5) is 16.4. The minimum atomic E-state index is -0.0757. The Hall–Kier alpha value is -2.81. The summed E-state index contributed by atoms with van der Waals surface area (Å²) in [7, 11) is 3.69. The molecule has 1 aromatic heterocycles. The first-order valence-electron chi connectivity index (χ1n) is 11.0. The fourth-order valence-corrected chi connectivity index (χ4v) is 4.43. The van der Waals surface area contributed by atoms with Crippen LogP contribution in [0.15, 0.2) is 54.6 Å². The molecule has 0 spiro atoms. The molecule has 0 atom stereocenters. The Balaban J connectivity index is 1.53. The average Bonchev–Trinajstić information content (AvgIpc) is 3.42. The summed E-state index contributed by atoms with van der Waals surface area (Å²) in [5, 5.41) is 7.57. The second-order valence-corrected chi connectivity index (χ2v) is 8.65. The highest BCUT2D eigenvalue weighted by Crippen LogP contribution is 2.17. The molecule has 8 heteroatoms. The normalized spacial score (nSPS) is 14.2. The van der Waals surface area contributed by atoms with E-state index in [1.807, 2.05) is 47.1 Å². The maximum absolute atomic E-state index is 11.8. The third-order valence-corrected chi connectivity index (χ3v) is 6.15. The molecule has 3 aromatic rings. The topological polar surface area (TPSA) is 58.3 Å². The third-order valence-electron chi connectivity index (χ3n) is 5.76. The molecule has 7 nitrogen and oxygen atoms in total. The number of hydrogen-bond donors (Lipinski definition) is 1. The fourth-order valence-electron chi connectivity index (χ4n) is 4.12. The summed E-state index contributed by atoms with van der Waals surface area (Å²) in [5.41, 5.74) is 2.84. The summed E-state index contributed by atoms with van der Waals surface area (Å²) in [6.45, 7) is 4.34. The molecule has 1 aliphatic rings. The predicted molar refractivity (Wildman–Crippen MR) is 128 cm³/mol. The molecule has 0 radical (unpaired) electrons. The highest BCUT2D eigenvalue weighted by atomic mass is 32.1. The summed E-state index contributed by atoms with van der Waals surface area (Å²) in [6.07, 6.45) is 2.49. The van der Waals surface area contributed by atoms with E-state index in [0.717, 1.165) is 43.3 Å². The van der Waals surface area contributed by atoms with Gasteiger partial charge in [-0.25, -0.2) is 4.68 Å². The van der Waals surface area contributed by atoms with E-state index in [1.165, 1.54) is 12.8 Å². The van der Waals surface area contributed by atoms with Crippen LogP contribution in [-0.2, 0) is 19.8 Å². The molecule has 168 valence electrons. The van der Waals surface area contributed by atoms with Crippen LogP contribution in [0.25, 0.3) is 5.69 Å². The average molecular weight is 451 g/mol. The molecule has 0 unspecified atom stereocenters. The molecule has 1 aliphatic heterocycles. The van der Waals surface area contributed by atoms with Crippen molar-refractivity contribution >= 4 is 18.1 Å². The number of likely N-dealkylation sites (tertiary alicyclic amines) is 1. The smallest absolute Gasteiger partial charge is 0.251 e. The lowest BCUT2D eigenvalue weighted by atomic mass is 10.1. The van der Waals surface area contributed by atoms with Crippen LogP contribution < -0.4 is 5.32 Å². The molecule has 2 heterocycles. The Morgan fingerprint density at radius 2 is 1.78 bits per heavy atom. The van der Waals surface area contributed by atoms with E-state index >= 15 is 0 Å². The SMILES string of the molecule is CNC(=O)c1ccc(CN(C)Cn2nc(CN3CCCC3)n(-c3ccccc3)c2=S)cc1. The summed E-state index contributed by atoms with van der Waals surface area (Å²) in [5.74, 6) is 0.902. The van der Waals surface area contributed by atoms with Crippen molar-refractivity contribution in [3.05, 3.63) is 76.3 Å². The van der Waals surface area contributed by atoms with E-state index in [1.54, 1.807) is 7.05 Å². The van der Waals surface area contributed by atoms with Gasteiger partial charge in [-0.05, 0) is 75.0 Å². The Morgan fingerprint density at radius 1 is 1.09 bits per heavy atom. The van der Waals surface area contributed by atoms with Gasteiger partial charge in [-0.3, -0.25) is 19.2 Å². The van der Waals surface area contributed by atoms with Crippen molar-refractivity contribution in [1.82, 2.24) is 29.5 Å². The van der Waals surface area contributed by atoms with E-state index in [4.69, 9.17) is 17.3 Å². The lowest BCUT2D eigenvalue weighted by Gasteiger charge is -2.16. The number of carbonyl (C=O) groups excluding carboxylic acids is 1. The first-order chi connectivity index (χ1) is 15.5. The van der Waals surface area contributed by atoms with Crippen LogP contribution >= 0.6 is 12.2 Å². The number of nitrogens with zero attached hydrogens (tertiary/aromatic N) is 5. The van der Waals surface area contributed by atoms with Gasteiger partial charge in [-0.2, -0.15) is 5.10 Å². The molecule has 1 fully saturated rings. The quantitative estimate of drug-likeness (QED) is 0.533. The number of aromatic nitrogens is 3. The highest BCUT2D eigenvalue weighted by molar-refractivity contribution is 7.71. The number of hydrogen-bond acceptors (Lipinski definition) is 5. The number of benzene rings is 2. The van der Waals surface area contributed by atoms with Gasteiger partial charge in [-0.1, -0.05) is 30.3 Å². The molecule has 1 saturated heterocycles. The largest absolute Gasteiger partial charge is 0.355 e. The summed E-state index contributed by atoms with van der Waals surface area (Å²) in [6, 6.07) is 17.9. The first-order valence-corrected chi connectivity index (χ1v) is 11.4. The van der Waals surface area contributed by atoms with E-state index < -0.39 is 0 Å². The zero-order chi connectivity index (χ0) is 22.5. The summed E-state index contributed by atoms with van der Waals surface area (Å²) >= 11 is 5.85. The fraction of sp³-hybridized carbons (Fsp3) is 0.375. The van der Waals surface area contributed by atoms with Gasteiger partial charge in [0.05, 0.1) is 13.2 Å². The second kappa shape index (κ2) is 10.2. The number of carbonyl (C=O) groups is 1. The van der Waals surface area contributed by atoms with Crippen LogP contribution in [0.5, 0.6) is 0 Å². The molecule has 0 aliphatic carbocycles. The van der Waals surface area contributed by atoms with Crippen molar-refractivity contribution in [3.63, 3.8) is 0 Å². The van der Waals surface area contributed by atoms with Gasteiger partial charge in [0.15, 0.2) is 5.82 Å². The lowest BCUT2D eigenvalue weighted by Crippen LogP contribution is -2.23. The number of para-hydroxylation sites is 1. The zero-order valence-electron chi connectivity index (χ0n) is 18.7. The van der Waals surface area contributed by atoms with Crippen LogP contribution in [0.1, 0.15) is 34.6 Å². The number of nitrogens with one attached hydrogen (secondary N) is 1. The van der Waals surface area contributed by atoms with E-state index in [9.17, 15) is 4.79 Å². The Bertz CT molecular complexity index is 1100. The molecule has 2 aromatic carbocycles. The third kappa shape index (κ3) is 5.15. The summed E-state index contributed by atoms with van der Waals surface area (Å²) < 4.78 is 4.71. The monoisotopic (exact) mass is 450 g/mol. The first kappa shape index (κ1) is 22.4. The number of rotatable bonds is 8. The second-order valence-electron chi connectivity index (χ2n) is 8.28. The van der Waals surface area contributed by atoms with Crippen LogP contribution in [0.2, 0.25) is 0 Å². The van der Waals surface area contributed by atoms with Crippen molar-refractivity contribution in [2.45, 2.75) is 32.6 Å². The van der Waals surface area contributed by atoms with Gasteiger partial charge in [0, 0.05) is 24.8 Å². The van der Waals surface area contributed by atoms with Gasteiger partial charge >= 0.3 is 0 Å². The maximum Gasteiger partial charge on any atom is 0.251 e. The van der Waals surface area contributed by atoms with Gasteiger partial charge < -0.3 is 5.32 Å². The molecule has 0 bridgehead atoms. The molecular formula is C24H30N6OS. The van der Waals surface area contributed by atoms with Gasteiger partial charge in [0.2, 0.25) is 4.77 Å². The minimum absolute atomic E-state index is 0.0757. The van der Waals surface area contributed by atoms with Gasteiger partial charge in [0.25, 0.3) is 5.91 Å². The van der Waals surface area contributed by atoms with Crippen molar-refractivity contribution < 1.29 is 4.79 Å². The van der Waals surface area contributed by atoms with Gasteiger partial charge in [-0.15, -0.1) is 0 Å². The van der Waals surface area contributed by atoms with Crippen molar-refractivity contribution in [1.29, 1.82) is 0 Å². The van der Waals surface area contributed by atoms with Crippen molar-refractivity contribution in [2.75, 3.05) is 27.2 Å². The van der Waals surface area contributed by atoms with E-state index in [-0.39, 0.29) is 5.91 Å². The zero-order valence-corrected chi connectivity index (χ0v) is 19.5. The van der Waals surface area contributed by atoms with Crippen LogP contribution in [0, 0.1) is 4.77 Å². The van der Waals surface area contributed by atoms with Crippen molar-refractivity contribution in [2.24, 2.45) is 0 Å². The molecule has 1 amide bonds. The maximum atomic E-state index is 11.8.